The van der Waals surface area contributed by atoms with Crippen LogP contribution in [-0.2, 0) is 0 Å². The minimum atomic E-state index is -0.213. The van der Waals surface area contributed by atoms with Crippen molar-refractivity contribution in [2.24, 2.45) is 0 Å². The van der Waals surface area contributed by atoms with E-state index in [0.29, 0.717) is 6.04 Å². The van der Waals surface area contributed by atoms with E-state index in [1.807, 2.05) is 36.7 Å². The molecule has 4 heteroatoms. The maximum absolute atomic E-state index is 13.5. The standard InChI is InChI=1S/C22H22FN3/c23-19-10-8-16(9-11-19)22(26-20-6-1-7-20)21(17-4-2-12-24-14-17)18-5-3-13-25-15-18/h2-5,8-15,20-22,26H,1,6-7H2. The maximum atomic E-state index is 13.5. The van der Waals surface area contributed by atoms with Crippen molar-refractivity contribution in [2.45, 2.75) is 37.3 Å². The van der Waals surface area contributed by atoms with E-state index in [0.717, 1.165) is 16.7 Å². The molecule has 0 saturated heterocycles. The van der Waals surface area contributed by atoms with E-state index in [1.54, 1.807) is 12.4 Å². The Labute approximate surface area is 153 Å². The zero-order valence-electron chi connectivity index (χ0n) is 14.6. The first-order valence-corrected chi connectivity index (χ1v) is 9.12. The molecule has 1 aromatic carbocycles. The van der Waals surface area contributed by atoms with Gasteiger partial charge < -0.3 is 5.32 Å². The molecule has 1 unspecified atom stereocenters. The fourth-order valence-corrected chi connectivity index (χ4v) is 3.58. The Morgan fingerprint density at radius 2 is 1.46 bits per heavy atom. The van der Waals surface area contributed by atoms with Gasteiger partial charge in [-0.15, -0.1) is 0 Å². The van der Waals surface area contributed by atoms with Crippen LogP contribution < -0.4 is 5.32 Å². The van der Waals surface area contributed by atoms with E-state index in [2.05, 4.69) is 27.4 Å². The molecule has 1 aliphatic rings. The zero-order valence-corrected chi connectivity index (χ0v) is 14.6. The van der Waals surface area contributed by atoms with Gasteiger partial charge in [-0.1, -0.05) is 30.7 Å². The third-order valence-electron chi connectivity index (χ3n) is 5.17. The summed E-state index contributed by atoms with van der Waals surface area (Å²) < 4.78 is 13.5. The number of hydrogen-bond acceptors (Lipinski definition) is 3. The molecule has 0 radical (unpaired) electrons. The third-order valence-corrected chi connectivity index (χ3v) is 5.17. The predicted molar refractivity (Wildman–Crippen MR) is 100 cm³/mol. The van der Waals surface area contributed by atoms with Gasteiger partial charge >= 0.3 is 0 Å². The van der Waals surface area contributed by atoms with Gasteiger partial charge in [0.05, 0.1) is 0 Å². The van der Waals surface area contributed by atoms with Crippen LogP contribution in [0, 0.1) is 5.82 Å². The maximum Gasteiger partial charge on any atom is 0.123 e. The van der Waals surface area contributed by atoms with Crippen LogP contribution >= 0.6 is 0 Å². The van der Waals surface area contributed by atoms with Crippen LogP contribution in [0.25, 0.3) is 0 Å². The Morgan fingerprint density at radius 3 is 1.92 bits per heavy atom. The van der Waals surface area contributed by atoms with Crippen molar-refractivity contribution < 1.29 is 4.39 Å². The van der Waals surface area contributed by atoms with Gasteiger partial charge in [0.25, 0.3) is 0 Å². The van der Waals surface area contributed by atoms with Gasteiger partial charge in [-0.3, -0.25) is 9.97 Å². The molecule has 1 aliphatic carbocycles. The highest BCUT2D eigenvalue weighted by Crippen LogP contribution is 2.38. The highest BCUT2D eigenvalue weighted by atomic mass is 19.1. The molecule has 2 heterocycles. The lowest BCUT2D eigenvalue weighted by Gasteiger charge is -2.36. The third kappa shape index (κ3) is 3.65. The Kier molecular flexibility index (Phi) is 5.02. The molecule has 26 heavy (non-hydrogen) atoms. The summed E-state index contributed by atoms with van der Waals surface area (Å²) in [5.74, 6) is -0.154. The summed E-state index contributed by atoms with van der Waals surface area (Å²) in [5, 5.41) is 3.81. The molecular weight excluding hydrogens is 325 g/mol. The summed E-state index contributed by atoms with van der Waals surface area (Å²) >= 11 is 0. The molecule has 1 N–H and O–H groups in total. The second-order valence-corrected chi connectivity index (χ2v) is 6.87. The van der Waals surface area contributed by atoms with Crippen LogP contribution in [0.3, 0.4) is 0 Å². The lowest BCUT2D eigenvalue weighted by molar-refractivity contribution is 0.293. The van der Waals surface area contributed by atoms with Crippen molar-refractivity contribution >= 4 is 0 Å². The number of benzene rings is 1. The summed E-state index contributed by atoms with van der Waals surface area (Å²) in [6.07, 6.45) is 11.0. The molecule has 3 aromatic rings. The fourth-order valence-electron chi connectivity index (χ4n) is 3.58. The lowest BCUT2D eigenvalue weighted by Crippen LogP contribution is -2.40. The minimum absolute atomic E-state index is 0.0364. The topological polar surface area (TPSA) is 37.8 Å². The highest BCUT2D eigenvalue weighted by Gasteiger charge is 2.30. The summed E-state index contributed by atoms with van der Waals surface area (Å²) in [6.45, 7) is 0. The molecule has 3 nitrogen and oxygen atoms in total. The summed E-state index contributed by atoms with van der Waals surface area (Å²) in [6, 6.07) is 15.5. The normalized spacial score (nSPS) is 15.6. The predicted octanol–water partition coefficient (Wildman–Crippen LogP) is 4.63. The van der Waals surface area contributed by atoms with Crippen molar-refractivity contribution in [3.05, 3.63) is 95.8 Å². The monoisotopic (exact) mass is 347 g/mol. The molecule has 0 spiro atoms. The molecule has 0 aliphatic heterocycles. The average molecular weight is 347 g/mol. The van der Waals surface area contributed by atoms with Gasteiger partial charge in [-0.25, -0.2) is 4.39 Å². The van der Waals surface area contributed by atoms with Crippen LogP contribution in [0.4, 0.5) is 4.39 Å². The van der Waals surface area contributed by atoms with E-state index >= 15 is 0 Å². The van der Waals surface area contributed by atoms with E-state index < -0.39 is 0 Å². The largest absolute Gasteiger partial charge is 0.306 e. The number of hydrogen-bond donors (Lipinski definition) is 1. The molecule has 132 valence electrons. The molecule has 0 bridgehead atoms. The second-order valence-electron chi connectivity index (χ2n) is 6.87. The first-order chi connectivity index (χ1) is 12.8. The summed E-state index contributed by atoms with van der Waals surface area (Å²) in [5.41, 5.74) is 3.33. The second kappa shape index (κ2) is 7.75. The zero-order chi connectivity index (χ0) is 17.8. The van der Waals surface area contributed by atoms with Gasteiger partial charge in [0.2, 0.25) is 0 Å². The van der Waals surface area contributed by atoms with Crippen LogP contribution in [0.1, 0.15) is 47.9 Å². The Balaban J connectivity index is 1.78. The first kappa shape index (κ1) is 16.9. The molecular formula is C22H22FN3. The smallest absolute Gasteiger partial charge is 0.123 e. The van der Waals surface area contributed by atoms with E-state index in [1.165, 1.54) is 31.4 Å². The number of nitrogens with zero attached hydrogens (tertiary/aromatic N) is 2. The number of pyridine rings is 2. The first-order valence-electron chi connectivity index (χ1n) is 9.12. The average Bonchev–Trinajstić information content (AvgIpc) is 2.66. The molecule has 1 fully saturated rings. The lowest BCUT2D eigenvalue weighted by atomic mass is 9.81. The summed E-state index contributed by atoms with van der Waals surface area (Å²) in [4.78, 5) is 8.65. The van der Waals surface area contributed by atoms with E-state index in [4.69, 9.17) is 0 Å². The van der Waals surface area contributed by atoms with E-state index in [9.17, 15) is 4.39 Å². The number of halogens is 1. The SMILES string of the molecule is Fc1ccc(C(NC2CCC2)C(c2cccnc2)c2cccnc2)cc1. The van der Waals surface area contributed by atoms with Crippen molar-refractivity contribution in [3.63, 3.8) is 0 Å². The van der Waals surface area contributed by atoms with Crippen LogP contribution in [0.5, 0.6) is 0 Å². The molecule has 2 aromatic heterocycles. The quantitative estimate of drug-likeness (QED) is 0.706. The van der Waals surface area contributed by atoms with Gasteiger partial charge in [-0.05, 0) is 53.8 Å². The van der Waals surface area contributed by atoms with Gasteiger partial charge in [-0.2, -0.15) is 0 Å². The van der Waals surface area contributed by atoms with Gasteiger partial charge in [0, 0.05) is 42.8 Å². The van der Waals surface area contributed by atoms with Crippen molar-refractivity contribution in [2.75, 3.05) is 0 Å². The Bertz CT molecular complexity index is 778. The Hall–Kier alpha value is -2.59. The van der Waals surface area contributed by atoms with Crippen molar-refractivity contribution in [3.8, 4) is 0 Å². The van der Waals surface area contributed by atoms with Crippen LogP contribution in [0.15, 0.2) is 73.3 Å². The minimum Gasteiger partial charge on any atom is -0.306 e. The summed E-state index contributed by atoms with van der Waals surface area (Å²) in [7, 11) is 0. The number of rotatable bonds is 6. The van der Waals surface area contributed by atoms with Gasteiger partial charge in [0.1, 0.15) is 5.82 Å². The fraction of sp³-hybridized carbons (Fsp3) is 0.273. The number of nitrogens with one attached hydrogen (secondary N) is 1. The van der Waals surface area contributed by atoms with Crippen molar-refractivity contribution in [1.82, 2.24) is 15.3 Å². The van der Waals surface area contributed by atoms with Gasteiger partial charge in [0.15, 0.2) is 0 Å². The molecule has 1 atom stereocenters. The van der Waals surface area contributed by atoms with Crippen LogP contribution in [0.2, 0.25) is 0 Å². The molecule has 0 amide bonds. The Morgan fingerprint density at radius 1 is 0.846 bits per heavy atom. The number of aromatic nitrogens is 2. The molecule has 1 saturated carbocycles. The van der Waals surface area contributed by atoms with Crippen molar-refractivity contribution in [1.29, 1.82) is 0 Å². The van der Waals surface area contributed by atoms with E-state index in [-0.39, 0.29) is 17.8 Å². The highest BCUT2D eigenvalue weighted by molar-refractivity contribution is 5.36. The van der Waals surface area contributed by atoms with Crippen LogP contribution in [-0.4, -0.2) is 16.0 Å². The molecule has 4 rings (SSSR count).